The summed E-state index contributed by atoms with van der Waals surface area (Å²) in [6, 6.07) is 21.7. The van der Waals surface area contributed by atoms with Crippen LogP contribution in [0.15, 0.2) is 76.7 Å². The van der Waals surface area contributed by atoms with E-state index in [1.54, 1.807) is 13.3 Å². The minimum absolute atomic E-state index is 0.425. The van der Waals surface area contributed by atoms with Crippen molar-refractivity contribution in [2.24, 2.45) is 0 Å². The highest BCUT2D eigenvalue weighted by Gasteiger charge is 2.13. The molecule has 34 heavy (non-hydrogen) atoms. The van der Waals surface area contributed by atoms with Gasteiger partial charge in [0.25, 0.3) is 0 Å². The highest BCUT2D eigenvalue weighted by Crippen LogP contribution is 2.36. The van der Waals surface area contributed by atoms with Crippen LogP contribution < -0.4 is 14.8 Å². The Morgan fingerprint density at radius 3 is 2.71 bits per heavy atom. The average Bonchev–Trinajstić information content (AvgIpc) is 3.49. The van der Waals surface area contributed by atoms with Crippen LogP contribution in [0.3, 0.4) is 0 Å². The van der Waals surface area contributed by atoms with Crippen molar-refractivity contribution >= 4 is 44.5 Å². The fraction of sp³-hybridized carbons (Fsp3) is 0.111. The van der Waals surface area contributed by atoms with Crippen molar-refractivity contribution in [3.63, 3.8) is 0 Å². The maximum atomic E-state index is 9.77. The summed E-state index contributed by atoms with van der Waals surface area (Å²) in [6.45, 7) is 2.58. The third kappa shape index (κ3) is 4.07. The first-order valence-corrected chi connectivity index (χ1v) is 11.6. The summed E-state index contributed by atoms with van der Waals surface area (Å²) in [5.74, 6) is 1.47. The van der Waals surface area contributed by atoms with Crippen LogP contribution in [0.2, 0.25) is 0 Å². The summed E-state index contributed by atoms with van der Waals surface area (Å²) in [5.41, 5.74) is 4.45. The fourth-order valence-electron chi connectivity index (χ4n) is 3.74. The molecule has 5 rings (SSSR count). The first kappa shape index (κ1) is 21.6. The number of furan rings is 1. The second kappa shape index (κ2) is 9.30. The summed E-state index contributed by atoms with van der Waals surface area (Å²) < 4.78 is 17.1. The van der Waals surface area contributed by atoms with Gasteiger partial charge < -0.3 is 19.2 Å². The van der Waals surface area contributed by atoms with Crippen LogP contribution in [-0.4, -0.2) is 18.7 Å². The number of para-hydroxylation sites is 1. The topological polar surface area (TPSA) is 80.3 Å². The Morgan fingerprint density at radius 2 is 1.94 bits per heavy atom. The van der Waals surface area contributed by atoms with E-state index in [4.69, 9.17) is 13.9 Å². The Bertz CT molecular complexity index is 1540. The molecule has 3 aromatic carbocycles. The van der Waals surface area contributed by atoms with Crippen LogP contribution in [0, 0.1) is 11.3 Å². The van der Waals surface area contributed by atoms with Crippen LogP contribution in [0.25, 0.3) is 38.8 Å². The van der Waals surface area contributed by atoms with E-state index >= 15 is 0 Å². The molecule has 0 aliphatic carbocycles. The van der Waals surface area contributed by atoms with Crippen molar-refractivity contribution in [3.05, 3.63) is 77.3 Å². The number of allylic oxidation sites excluding steroid dienone is 1. The van der Waals surface area contributed by atoms with Gasteiger partial charge in [0.05, 0.1) is 25.1 Å². The summed E-state index contributed by atoms with van der Waals surface area (Å²) in [6.07, 6.45) is 1.65. The van der Waals surface area contributed by atoms with E-state index in [-0.39, 0.29) is 0 Å². The molecule has 168 valence electrons. The van der Waals surface area contributed by atoms with E-state index in [1.165, 1.54) is 11.3 Å². The molecule has 0 saturated carbocycles. The number of nitriles is 1. The third-order valence-corrected chi connectivity index (χ3v) is 6.26. The Kier molecular flexibility index (Phi) is 5.90. The molecule has 2 heterocycles. The number of aromatic nitrogens is 1. The molecule has 2 aromatic heterocycles. The van der Waals surface area contributed by atoms with E-state index in [0.29, 0.717) is 28.6 Å². The van der Waals surface area contributed by atoms with Crippen LogP contribution in [0.5, 0.6) is 11.5 Å². The van der Waals surface area contributed by atoms with Gasteiger partial charge in [0, 0.05) is 34.0 Å². The first-order chi connectivity index (χ1) is 16.7. The van der Waals surface area contributed by atoms with Gasteiger partial charge in [-0.3, -0.25) is 0 Å². The van der Waals surface area contributed by atoms with Gasteiger partial charge in [0.2, 0.25) is 0 Å². The molecule has 0 aliphatic rings. The third-order valence-electron chi connectivity index (χ3n) is 5.39. The predicted molar refractivity (Wildman–Crippen MR) is 136 cm³/mol. The number of methoxy groups -OCH3 is 1. The second-order valence-corrected chi connectivity index (χ2v) is 8.31. The minimum atomic E-state index is 0.425. The molecule has 0 saturated heterocycles. The number of nitrogens with zero attached hydrogens (tertiary/aromatic N) is 2. The average molecular weight is 468 g/mol. The molecule has 0 amide bonds. The minimum Gasteiger partial charge on any atom is -0.495 e. The molecule has 1 N–H and O–H groups in total. The number of ether oxygens (including phenoxy) is 2. The molecule has 0 radical (unpaired) electrons. The van der Waals surface area contributed by atoms with Gasteiger partial charge in [-0.2, -0.15) is 5.26 Å². The van der Waals surface area contributed by atoms with Gasteiger partial charge in [-0.15, -0.1) is 11.3 Å². The van der Waals surface area contributed by atoms with Gasteiger partial charge in [-0.25, -0.2) is 4.98 Å². The molecule has 0 fully saturated rings. The zero-order valence-corrected chi connectivity index (χ0v) is 19.5. The Balaban J connectivity index is 1.43. The summed E-state index contributed by atoms with van der Waals surface area (Å²) >= 11 is 1.42. The highest BCUT2D eigenvalue weighted by atomic mass is 32.1. The van der Waals surface area contributed by atoms with E-state index in [1.807, 2.05) is 73.0 Å². The molecular formula is C27H21N3O3S. The van der Waals surface area contributed by atoms with Crippen molar-refractivity contribution in [2.45, 2.75) is 6.92 Å². The van der Waals surface area contributed by atoms with Crippen LogP contribution >= 0.6 is 11.3 Å². The highest BCUT2D eigenvalue weighted by molar-refractivity contribution is 7.11. The second-order valence-electron chi connectivity index (χ2n) is 7.46. The molecule has 0 spiro atoms. The number of thiazole rings is 1. The molecule has 7 heteroatoms. The van der Waals surface area contributed by atoms with E-state index in [0.717, 1.165) is 38.9 Å². The van der Waals surface area contributed by atoms with Crippen LogP contribution in [0.4, 0.5) is 5.69 Å². The lowest BCUT2D eigenvalue weighted by Gasteiger charge is -2.08. The number of anilines is 1. The molecule has 0 atom stereocenters. The lowest BCUT2D eigenvalue weighted by atomic mass is 10.1. The van der Waals surface area contributed by atoms with E-state index in [2.05, 4.69) is 16.4 Å². The monoisotopic (exact) mass is 467 g/mol. The van der Waals surface area contributed by atoms with Gasteiger partial charge in [-0.1, -0.05) is 18.2 Å². The molecule has 5 aromatic rings. The quantitative estimate of drug-likeness (QED) is 0.257. The Hall–Kier alpha value is -4.28. The smallest absolute Gasteiger partial charge is 0.143 e. The maximum Gasteiger partial charge on any atom is 0.143 e. The first-order valence-electron chi connectivity index (χ1n) is 10.8. The number of benzene rings is 3. The van der Waals surface area contributed by atoms with Gasteiger partial charge in [0.15, 0.2) is 0 Å². The Morgan fingerprint density at radius 1 is 1.12 bits per heavy atom. The summed E-state index contributed by atoms with van der Waals surface area (Å²) in [4.78, 5) is 4.66. The lowest BCUT2D eigenvalue weighted by molar-refractivity contribution is 0.340. The number of fused-ring (bicyclic) bond motifs is 3. The lowest BCUT2D eigenvalue weighted by Crippen LogP contribution is -1.95. The molecule has 0 aliphatic heterocycles. The maximum absolute atomic E-state index is 9.77. The van der Waals surface area contributed by atoms with Crippen molar-refractivity contribution in [1.82, 2.24) is 4.98 Å². The van der Waals surface area contributed by atoms with Crippen LogP contribution in [-0.2, 0) is 0 Å². The van der Waals surface area contributed by atoms with E-state index < -0.39 is 0 Å². The molecule has 6 nitrogen and oxygen atoms in total. The number of hydrogen-bond donors (Lipinski definition) is 1. The predicted octanol–water partition coefficient (Wildman–Crippen LogP) is 7.09. The zero-order valence-electron chi connectivity index (χ0n) is 18.7. The normalized spacial score (nSPS) is 11.5. The van der Waals surface area contributed by atoms with Crippen molar-refractivity contribution in [1.29, 1.82) is 5.26 Å². The van der Waals surface area contributed by atoms with Gasteiger partial charge in [0.1, 0.15) is 39.3 Å². The van der Waals surface area contributed by atoms with Gasteiger partial charge in [-0.05, 0) is 43.3 Å². The molecule has 0 unspecified atom stereocenters. The number of nitrogens with one attached hydrogen (secondary N) is 1. The van der Waals surface area contributed by atoms with Crippen molar-refractivity contribution in [2.75, 3.05) is 19.0 Å². The molecule has 0 bridgehead atoms. The summed E-state index contributed by atoms with van der Waals surface area (Å²) in [7, 11) is 1.62. The fourth-order valence-corrected chi connectivity index (χ4v) is 4.54. The van der Waals surface area contributed by atoms with E-state index in [9.17, 15) is 5.26 Å². The standard InChI is InChI=1S/C27H21N3O3S/c1-3-32-19-10-8-17(9-11-19)23-16-34-27(30-23)18(14-28)15-29-22-13-25-21(12-26(22)31-2)20-6-4-5-7-24(20)33-25/h4-13,15-16,29H,3H2,1-2H3/b18-15+. The summed E-state index contributed by atoms with van der Waals surface area (Å²) in [5, 5.41) is 17.5. The Labute approximate surface area is 200 Å². The zero-order chi connectivity index (χ0) is 23.5. The SMILES string of the molecule is CCOc1ccc(-c2csc(/C(C#N)=C/Nc3cc4oc5ccccc5c4cc3OC)n2)cc1. The van der Waals surface area contributed by atoms with Crippen molar-refractivity contribution < 1.29 is 13.9 Å². The molecular weight excluding hydrogens is 446 g/mol. The number of rotatable bonds is 7. The van der Waals surface area contributed by atoms with Crippen molar-refractivity contribution in [3.8, 4) is 28.8 Å². The van der Waals surface area contributed by atoms with Crippen LogP contribution in [0.1, 0.15) is 11.9 Å². The van der Waals surface area contributed by atoms with Gasteiger partial charge >= 0.3 is 0 Å². The largest absolute Gasteiger partial charge is 0.495 e. The number of hydrogen-bond acceptors (Lipinski definition) is 7.